The Balaban J connectivity index is -0.0000000891. The molecule has 0 amide bonds. The molecule has 0 aromatic heterocycles. The zero-order valence-corrected chi connectivity index (χ0v) is 14.4. The highest BCUT2D eigenvalue weighted by Gasteiger charge is 1.74. The Morgan fingerprint density at radius 2 is 0.667 bits per heavy atom. The fraction of sp³-hybridized carbons (Fsp3) is 0. The van der Waals surface area contributed by atoms with Gasteiger partial charge in [-0.2, -0.15) is 0 Å². The first-order valence-electron chi connectivity index (χ1n) is 4.27. The van der Waals surface area contributed by atoms with E-state index in [0.29, 0.717) is 0 Å². The molecule has 0 spiro atoms. The van der Waals surface area contributed by atoms with E-state index in [1.54, 1.807) is 0 Å². The third kappa shape index (κ3) is 14.5. The summed E-state index contributed by atoms with van der Waals surface area (Å²) in [6.07, 6.45) is 0. The third-order valence-electron chi connectivity index (χ3n) is 1.51. The molecular weight excluding hydrogens is 348 g/mol. The number of halogens is 4. The molecule has 0 nitrogen and oxygen atoms in total. The average molecular weight is 362 g/mol. The van der Waals surface area contributed by atoms with Crippen molar-refractivity contribution in [3.05, 3.63) is 60.7 Å². The highest BCUT2D eigenvalue weighted by atomic mass is 35.5. The van der Waals surface area contributed by atoms with Crippen LogP contribution in [0.4, 0.5) is 0 Å². The van der Waals surface area contributed by atoms with Crippen LogP contribution in [-0.4, -0.2) is 0 Å². The van der Waals surface area contributed by atoms with Gasteiger partial charge in [0.25, 0.3) is 0 Å². The van der Waals surface area contributed by atoms with E-state index in [9.17, 15) is 0 Å². The smallest absolute Gasteiger partial charge is 0.00563 e. The summed E-state index contributed by atoms with van der Waals surface area (Å²) >= 11 is 0. The van der Waals surface area contributed by atoms with Gasteiger partial charge >= 0.3 is 0 Å². The molecule has 2 aromatic carbocycles. The van der Waals surface area contributed by atoms with Crippen LogP contribution in [0, 0.1) is 0 Å². The van der Waals surface area contributed by atoms with Crippen molar-refractivity contribution in [1.29, 1.82) is 0 Å². The van der Waals surface area contributed by atoms with E-state index in [-0.39, 0.29) is 49.6 Å². The molecule has 0 atom stereocenters. The molecule has 0 heterocycles. The van der Waals surface area contributed by atoms with Gasteiger partial charge in [-0.1, -0.05) is 60.7 Å². The van der Waals surface area contributed by atoms with Gasteiger partial charge in [0.15, 0.2) is 0 Å². The fourth-order valence-corrected chi connectivity index (χ4v) is 1.20. The molecule has 0 fully saturated rings. The summed E-state index contributed by atoms with van der Waals surface area (Å²) < 4.78 is 0. The minimum absolute atomic E-state index is 0. The van der Waals surface area contributed by atoms with Gasteiger partial charge in [0.2, 0.25) is 0 Å². The van der Waals surface area contributed by atoms with E-state index < -0.39 is 0 Å². The second kappa shape index (κ2) is 17.5. The van der Waals surface area contributed by atoms with Crippen molar-refractivity contribution < 1.29 is 0 Å². The van der Waals surface area contributed by atoms with Crippen LogP contribution in [-0.2, 0) is 0 Å². The van der Waals surface area contributed by atoms with E-state index in [1.807, 2.05) is 60.7 Å². The highest BCUT2D eigenvalue weighted by molar-refractivity contribution is 7.27. The van der Waals surface area contributed by atoms with Crippen molar-refractivity contribution in [3.63, 3.8) is 0 Å². The lowest BCUT2D eigenvalue weighted by molar-refractivity contribution is 1.78. The predicted octanol–water partition coefficient (Wildman–Crippen LogP) is 5.13. The number of benzene rings is 2. The Hall–Kier alpha value is 0.460. The van der Waals surface area contributed by atoms with Crippen LogP contribution < -0.4 is 10.6 Å². The Morgan fingerprint density at radius 3 is 0.778 bits per heavy atom. The Bertz CT molecular complexity index is 319. The van der Waals surface area contributed by atoms with Gasteiger partial charge in [-0.15, -0.1) is 49.6 Å². The molecule has 2 rings (SSSR count). The zero-order chi connectivity index (χ0) is 10.2. The first-order chi connectivity index (χ1) is 6.79. The molecule has 6 heteroatoms. The topological polar surface area (TPSA) is 0 Å². The standard InChI is InChI=1S/2C6H5P.4ClH/c2*7-6-4-2-1-3-5-6;;;;/h2*1-5H;4*1H. The Kier molecular flexibility index (Phi) is 26.1. The van der Waals surface area contributed by atoms with Crippen LogP contribution in [0.5, 0.6) is 0 Å². The molecule has 0 aliphatic heterocycles. The summed E-state index contributed by atoms with van der Waals surface area (Å²) in [6.45, 7) is 0. The van der Waals surface area contributed by atoms with Crippen molar-refractivity contribution in [2.75, 3.05) is 0 Å². The zero-order valence-electron chi connectivity index (χ0n) is 9.30. The molecule has 0 aliphatic rings. The molecule has 0 unspecified atom stereocenters. The lowest BCUT2D eigenvalue weighted by atomic mass is 10.4. The van der Waals surface area contributed by atoms with Gasteiger partial charge in [0, 0.05) is 0 Å². The lowest BCUT2D eigenvalue weighted by Crippen LogP contribution is -1.82. The molecule has 2 aromatic rings. The van der Waals surface area contributed by atoms with Gasteiger partial charge in [-0.25, -0.2) is 0 Å². The van der Waals surface area contributed by atoms with Gasteiger partial charge in [0.05, 0.1) is 0 Å². The first-order valence-corrected chi connectivity index (χ1v) is 5.16. The minimum atomic E-state index is 0. The summed E-state index contributed by atoms with van der Waals surface area (Å²) in [5.41, 5.74) is 0. The van der Waals surface area contributed by atoms with Crippen LogP contribution in [0.1, 0.15) is 0 Å². The van der Waals surface area contributed by atoms with Gasteiger partial charge < -0.3 is 0 Å². The van der Waals surface area contributed by atoms with E-state index in [1.165, 1.54) is 0 Å². The summed E-state index contributed by atoms with van der Waals surface area (Å²) in [7, 11) is 8.17. The second-order valence-corrected chi connectivity index (χ2v) is 3.70. The maximum Gasteiger partial charge on any atom is -0.00563 e. The van der Waals surface area contributed by atoms with Gasteiger partial charge in [-0.3, -0.25) is 0 Å². The molecule has 18 heavy (non-hydrogen) atoms. The second-order valence-electron chi connectivity index (χ2n) is 2.67. The Labute approximate surface area is 139 Å². The predicted molar refractivity (Wildman–Crippen MR) is 95.0 cm³/mol. The quantitative estimate of drug-likeness (QED) is 0.570. The lowest BCUT2D eigenvalue weighted by Gasteiger charge is -1.81. The van der Waals surface area contributed by atoms with Gasteiger partial charge in [-0.05, 0) is 29.1 Å². The van der Waals surface area contributed by atoms with Crippen LogP contribution in [0.2, 0.25) is 0 Å². The monoisotopic (exact) mass is 360 g/mol. The molecule has 0 bridgehead atoms. The van der Waals surface area contributed by atoms with Crippen LogP contribution in [0.25, 0.3) is 0 Å². The van der Waals surface area contributed by atoms with E-state index >= 15 is 0 Å². The third-order valence-corrected chi connectivity index (χ3v) is 2.11. The summed E-state index contributed by atoms with van der Waals surface area (Å²) in [5.74, 6) is 0. The first kappa shape index (κ1) is 26.9. The summed E-state index contributed by atoms with van der Waals surface area (Å²) in [4.78, 5) is 0. The van der Waals surface area contributed by atoms with E-state index in [0.717, 1.165) is 10.6 Å². The molecule has 0 saturated heterocycles. The largest absolute Gasteiger partial charge is 0.147 e. The maximum atomic E-state index is 4.08. The molecule has 4 radical (unpaired) electrons. The van der Waals surface area contributed by atoms with Crippen LogP contribution in [0.15, 0.2) is 60.7 Å². The number of hydrogen-bond donors (Lipinski definition) is 0. The molecule has 0 aliphatic carbocycles. The average Bonchev–Trinajstić information content (AvgIpc) is 2.21. The van der Waals surface area contributed by atoms with Crippen molar-refractivity contribution in [2.24, 2.45) is 0 Å². The van der Waals surface area contributed by atoms with E-state index in [2.05, 4.69) is 18.5 Å². The number of rotatable bonds is 0. The fourth-order valence-electron chi connectivity index (χ4n) is 0.856. The minimum Gasteiger partial charge on any atom is -0.147 e. The molecule has 100 valence electrons. The Morgan fingerprint density at radius 1 is 0.444 bits per heavy atom. The van der Waals surface area contributed by atoms with Gasteiger partial charge in [0.1, 0.15) is 0 Å². The van der Waals surface area contributed by atoms with Crippen molar-refractivity contribution in [3.8, 4) is 0 Å². The van der Waals surface area contributed by atoms with Crippen molar-refractivity contribution >= 4 is 78.7 Å². The maximum absolute atomic E-state index is 4.08. The SMILES string of the molecule is Cl.Cl.Cl.Cl.[P]c1ccccc1.[P]c1ccccc1. The van der Waals surface area contributed by atoms with E-state index in [4.69, 9.17) is 0 Å². The highest BCUT2D eigenvalue weighted by Crippen LogP contribution is 1.86. The van der Waals surface area contributed by atoms with Crippen molar-refractivity contribution in [1.82, 2.24) is 0 Å². The molecule has 0 N–H and O–H groups in total. The summed E-state index contributed by atoms with van der Waals surface area (Å²) in [6, 6.07) is 19.6. The normalized spacial score (nSPS) is 6.78. The van der Waals surface area contributed by atoms with Crippen LogP contribution >= 0.6 is 68.1 Å². The molecular formula is C12H14Cl4P2. The van der Waals surface area contributed by atoms with Crippen molar-refractivity contribution in [2.45, 2.75) is 0 Å². The number of hydrogen-bond acceptors (Lipinski definition) is 0. The summed E-state index contributed by atoms with van der Waals surface area (Å²) in [5, 5.41) is 2.03. The van der Waals surface area contributed by atoms with Crippen LogP contribution in [0.3, 0.4) is 0 Å². The molecule has 0 saturated carbocycles.